The first kappa shape index (κ1) is 15.0. The van der Waals surface area contributed by atoms with Crippen LogP contribution in [0.1, 0.15) is 29.3 Å². The van der Waals surface area contributed by atoms with Gasteiger partial charge in [0.25, 0.3) is 0 Å². The lowest BCUT2D eigenvalue weighted by Gasteiger charge is -2.18. The molecule has 0 fully saturated rings. The lowest BCUT2D eigenvalue weighted by atomic mass is 9.89. The molecule has 0 aliphatic heterocycles. The Hall–Kier alpha value is -2.54. The molecule has 4 rings (SSSR count). The molecule has 0 saturated carbocycles. The zero-order chi connectivity index (χ0) is 16.7. The number of aromatic nitrogens is 3. The first-order valence-corrected chi connectivity index (χ1v) is 8.75. The van der Waals surface area contributed by atoms with E-state index in [0.29, 0.717) is 11.4 Å². The van der Waals surface area contributed by atoms with Crippen LogP contribution < -0.4 is 11.1 Å². The van der Waals surface area contributed by atoms with Crippen LogP contribution in [-0.2, 0) is 12.8 Å². The average Bonchev–Trinajstić information content (AvgIpc) is 2.94. The van der Waals surface area contributed by atoms with Crippen molar-refractivity contribution >= 4 is 45.1 Å². The Bertz CT molecular complexity index is 932. The molecule has 0 amide bonds. The highest BCUT2D eigenvalue weighted by Crippen LogP contribution is 2.40. The lowest BCUT2D eigenvalue weighted by Crippen LogP contribution is -2.09. The third kappa shape index (κ3) is 2.50. The molecule has 3 aromatic heterocycles. The van der Waals surface area contributed by atoms with Gasteiger partial charge in [0.05, 0.1) is 17.3 Å². The van der Waals surface area contributed by atoms with Gasteiger partial charge < -0.3 is 16.5 Å². The van der Waals surface area contributed by atoms with Gasteiger partial charge in [-0.25, -0.2) is 15.0 Å². The molecule has 3 aromatic rings. The van der Waals surface area contributed by atoms with Crippen molar-refractivity contribution in [1.82, 2.24) is 15.0 Å². The van der Waals surface area contributed by atoms with Crippen molar-refractivity contribution < 1.29 is 0 Å². The van der Waals surface area contributed by atoms with Crippen molar-refractivity contribution in [2.24, 2.45) is 5.92 Å². The van der Waals surface area contributed by atoms with Crippen LogP contribution in [-0.4, -0.2) is 21.2 Å². The highest BCUT2D eigenvalue weighted by Gasteiger charge is 2.23. The highest BCUT2D eigenvalue weighted by atomic mass is 32.1. The average molecular weight is 338 g/mol. The van der Waals surface area contributed by atoms with Crippen LogP contribution in [0.25, 0.3) is 10.2 Å². The molecule has 0 aromatic carbocycles. The van der Waals surface area contributed by atoms with Crippen molar-refractivity contribution in [2.45, 2.75) is 26.2 Å². The van der Waals surface area contributed by atoms with Gasteiger partial charge in [0.2, 0.25) is 0 Å². The SMILES string of the molecule is CC1CCc2c(sc3ncnc(Nc4cnc(N)c(C=N)c4)c23)C1. The fourth-order valence-corrected chi connectivity index (χ4v) is 4.53. The summed E-state index contributed by atoms with van der Waals surface area (Å²) >= 11 is 1.78. The van der Waals surface area contributed by atoms with Crippen molar-refractivity contribution in [3.05, 3.63) is 34.6 Å². The monoisotopic (exact) mass is 338 g/mol. The van der Waals surface area contributed by atoms with E-state index >= 15 is 0 Å². The Kier molecular flexibility index (Phi) is 3.65. The van der Waals surface area contributed by atoms with Crippen LogP contribution in [0.2, 0.25) is 0 Å². The number of nitrogens with two attached hydrogens (primary N) is 1. The van der Waals surface area contributed by atoms with E-state index in [1.54, 1.807) is 23.9 Å². The van der Waals surface area contributed by atoms with Crippen LogP contribution in [0.15, 0.2) is 18.6 Å². The first-order valence-electron chi connectivity index (χ1n) is 7.94. The van der Waals surface area contributed by atoms with E-state index in [0.717, 1.165) is 40.5 Å². The van der Waals surface area contributed by atoms with Crippen molar-refractivity contribution in [2.75, 3.05) is 11.1 Å². The maximum atomic E-state index is 7.41. The number of hydrogen-bond donors (Lipinski definition) is 3. The van der Waals surface area contributed by atoms with Gasteiger partial charge in [-0.15, -0.1) is 11.3 Å². The summed E-state index contributed by atoms with van der Waals surface area (Å²) in [5.41, 5.74) is 8.50. The molecule has 24 heavy (non-hydrogen) atoms. The number of hydrogen-bond acceptors (Lipinski definition) is 7. The van der Waals surface area contributed by atoms with Crippen LogP contribution >= 0.6 is 11.3 Å². The molecule has 7 heteroatoms. The van der Waals surface area contributed by atoms with Gasteiger partial charge in [-0.3, -0.25) is 0 Å². The molecular formula is C17H18N6S. The van der Waals surface area contributed by atoms with Gasteiger partial charge >= 0.3 is 0 Å². The molecule has 1 aliphatic carbocycles. The molecule has 1 aliphatic rings. The summed E-state index contributed by atoms with van der Waals surface area (Å²) < 4.78 is 0. The van der Waals surface area contributed by atoms with Gasteiger partial charge in [0, 0.05) is 16.7 Å². The second kappa shape index (κ2) is 5.83. The molecule has 4 N–H and O–H groups in total. The summed E-state index contributed by atoms with van der Waals surface area (Å²) in [6, 6.07) is 1.81. The third-order valence-electron chi connectivity index (χ3n) is 4.46. The number of nitrogens with zero attached hydrogens (tertiary/aromatic N) is 3. The smallest absolute Gasteiger partial charge is 0.142 e. The summed E-state index contributed by atoms with van der Waals surface area (Å²) in [5, 5.41) is 11.9. The number of aryl methyl sites for hydroxylation is 1. The number of thiophene rings is 1. The van der Waals surface area contributed by atoms with Crippen LogP contribution in [0, 0.1) is 11.3 Å². The third-order valence-corrected chi connectivity index (χ3v) is 5.62. The minimum Gasteiger partial charge on any atom is -0.383 e. The van der Waals surface area contributed by atoms with E-state index in [4.69, 9.17) is 11.1 Å². The Balaban J connectivity index is 1.78. The molecule has 3 heterocycles. The van der Waals surface area contributed by atoms with Crippen molar-refractivity contribution in [3.63, 3.8) is 0 Å². The number of fused-ring (bicyclic) bond motifs is 3. The highest BCUT2D eigenvalue weighted by molar-refractivity contribution is 7.19. The van der Waals surface area contributed by atoms with Gasteiger partial charge in [0.1, 0.15) is 22.8 Å². The quantitative estimate of drug-likeness (QED) is 0.634. The Labute approximate surface area is 143 Å². The molecule has 1 atom stereocenters. The minimum atomic E-state index is 0.352. The molecule has 0 saturated heterocycles. The molecule has 0 bridgehead atoms. The number of nitrogens with one attached hydrogen (secondary N) is 2. The lowest BCUT2D eigenvalue weighted by molar-refractivity contribution is 0.509. The Morgan fingerprint density at radius 3 is 3.08 bits per heavy atom. The van der Waals surface area contributed by atoms with E-state index in [1.165, 1.54) is 23.1 Å². The fraction of sp³-hybridized carbons (Fsp3) is 0.294. The molecule has 1 unspecified atom stereocenters. The van der Waals surface area contributed by atoms with Gasteiger partial charge in [-0.1, -0.05) is 6.92 Å². The second-order valence-corrected chi connectivity index (χ2v) is 7.31. The molecular weight excluding hydrogens is 320 g/mol. The molecule has 6 nitrogen and oxygen atoms in total. The van der Waals surface area contributed by atoms with E-state index < -0.39 is 0 Å². The van der Waals surface area contributed by atoms with Crippen LogP contribution in [0.3, 0.4) is 0 Å². The number of pyridine rings is 1. The van der Waals surface area contributed by atoms with Gasteiger partial charge in [0.15, 0.2) is 0 Å². The predicted molar refractivity (Wildman–Crippen MR) is 98.4 cm³/mol. The summed E-state index contributed by atoms with van der Waals surface area (Å²) in [4.78, 5) is 15.5. The summed E-state index contributed by atoms with van der Waals surface area (Å²) in [5.74, 6) is 1.88. The topological polar surface area (TPSA) is 101 Å². The van der Waals surface area contributed by atoms with Crippen LogP contribution in [0.4, 0.5) is 17.3 Å². The first-order chi connectivity index (χ1) is 11.7. The summed E-state index contributed by atoms with van der Waals surface area (Å²) in [6.45, 7) is 2.30. The van der Waals surface area contributed by atoms with E-state index in [9.17, 15) is 0 Å². The molecule has 0 radical (unpaired) electrons. The zero-order valence-corrected chi connectivity index (χ0v) is 14.2. The maximum absolute atomic E-state index is 7.41. The van der Waals surface area contributed by atoms with Crippen LogP contribution in [0.5, 0.6) is 0 Å². The Morgan fingerprint density at radius 1 is 1.38 bits per heavy atom. The van der Waals surface area contributed by atoms with E-state index in [2.05, 4.69) is 27.2 Å². The van der Waals surface area contributed by atoms with Gasteiger partial charge in [-0.05, 0) is 36.8 Å². The number of nitrogen functional groups attached to an aromatic ring is 1. The minimum absolute atomic E-state index is 0.352. The van der Waals surface area contributed by atoms with Gasteiger partial charge in [-0.2, -0.15) is 0 Å². The fourth-order valence-electron chi connectivity index (χ4n) is 3.18. The Morgan fingerprint density at radius 2 is 2.25 bits per heavy atom. The zero-order valence-electron chi connectivity index (χ0n) is 13.3. The largest absolute Gasteiger partial charge is 0.383 e. The van der Waals surface area contributed by atoms with Crippen molar-refractivity contribution in [1.29, 1.82) is 5.41 Å². The second-order valence-electron chi connectivity index (χ2n) is 6.22. The predicted octanol–water partition coefficient (Wildman–Crippen LogP) is 3.53. The molecule has 0 spiro atoms. The van der Waals surface area contributed by atoms with E-state index in [-0.39, 0.29) is 0 Å². The number of anilines is 3. The standard InChI is InChI=1S/C17H18N6S/c1-9-2-3-12-13(4-9)24-17-14(12)16(21-8-22-17)23-11-5-10(6-18)15(19)20-7-11/h5-9,18H,2-4H2,1H3,(H2,19,20)(H,21,22,23). The van der Waals surface area contributed by atoms with Crippen molar-refractivity contribution in [3.8, 4) is 0 Å². The normalized spacial score (nSPS) is 16.8. The van der Waals surface area contributed by atoms with E-state index in [1.807, 2.05) is 6.07 Å². The number of rotatable bonds is 3. The summed E-state index contributed by atoms with van der Waals surface area (Å²) in [7, 11) is 0. The molecule has 122 valence electrons. The summed E-state index contributed by atoms with van der Waals surface area (Å²) in [6.07, 6.45) is 7.86. The maximum Gasteiger partial charge on any atom is 0.142 e.